The molecule has 0 unspecified atom stereocenters. The number of carbonyl (C=O) groups is 1. The second-order valence-electron chi connectivity index (χ2n) is 6.57. The number of aromatic hydroxyl groups is 1. The summed E-state index contributed by atoms with van der Waals surface area (Å²) in [6.45, 7) is 0.517. The number of para-hydroxylation sites is 2. The molecule has 2 N–H and O–H groups in total. The van der Waals surface area contributed by atoms with Gasteiger partial charge in [-0.25, -0.2) is 0 Å². The highest BCUT2D eigenvalue weighted by Gasteiger charge is 2.16. The summed E-state index contributed by atoms with van der Waals surface area (Å²) in [6.07, 6.45) is 0. The van der Waals surface area contributed by atoms with Gasteiger partial charge in [0.05, 0.1) is 18.6 Å². The molecule has 3 aromatic carbocycles. The summed E-state index contributed by atoms with van der Waals surface area (Å²) in [7, 11) is 0. The van der Waals surface area contributed by atoms with Crippen molar-refractivity contribution in [3.05, 3.63) is 90.5 Å². The quantitative estimate of drug-likeness (QED) is 0.453. The number of anilines is 1. The van der Waals surface area contributed by atoms with E-state index in [1.54, 1.807) is 4.57 Å². The molecule has 1 heterocycles. The zero-order valence-corrected chi connectivity index (χ0v) is 15.7. The third-order valence-electron chi connectivity index (χ3n) is 4.58. The van der Waals surface area contributed by atoms with E-state index in [2.05, 4.69) is 15.5 Å². The van der Waals surface area contributed by atoms with Crippen LogP contribution >= 0.6 is 0 Å². The van der Waals surface area contributed by atoms with Gasteiger partial charge in [-0.2, -0.15) is 0 Å². The van der Waals surface area contributed by atoms with Crippen molar-refractivity contribution in [3.63, 3.8) is 0 Å². The van der Waals surface area contributed by atoms with Gasteiger partial charge in [0.1, 0.15) is 0 Å². The van der Waals surface area contributed by atoms with E-state index in [9.17, 15) is 9.90 Å². The minimum absolute atomic E-state index is 0.0115. The number of carbonyl (C=O) groups excluding carboxylic acids is 1. The van der Waals surface area contributed by atoms with Crippen molar-refractivity contribution in [1.82, 2.24) is 4.57 Å². The van der Waals surface area contributed by atoms with Crippen LogP contribution in [0, 0.1) is 0 Å². The fraction of sp³-hybridized carbons (Fsp3) is 0.0870. The average Bonchev–Trinajstić information content (AvgIpc) is 3.03. The molecule has 0 radical (unpaired) electrons. The van der Waals surface area contributed by atoms with Crippen LogP contribution in [-0.2, 0) is 11.3 Å². The van der Waals surface area contributed by atoms with Crippen molar-refractivity contribution >= 4 is 28.2 Å². The smallest absolute Gasteiger partial charge is 0.283 e. The van der Waals surface area contributed by atoms with Crippen molar-refractivity contribution in [3.8, 4) is 5.88 Å². The number of nitrogens with one attached hydrogen (secondary N) is 1. The summed E-state index contributed by atoms with van der Waals surface area (Å²) in [5, 5.41) is 22.4. The normalized spacial score (nSPS) is 11.2. The minimum atomic E-state index is -0.423. The zero-order chi connectivity index (χ0) is 20.1. The Hall–Kier alpha value is -3.93. The Morgan fingerprint density at radius 3 is 2.31 bits per heavy atom. The number of fused-ring (bicyclic) bond motifs is 1. The summed E-state index contributed by atoms with van der Waals surface area (Å²) >= 11 is 0. The van der Waals surface area contributed by atoms with Crippen molar-refractivity contribution in [2.75, 3.05) is 11.9 Å². The highest BCUT2D eigenvalue weighted by Crippen LogP contribution is 2.39. The lowest BCUT2D eigenvalue weighted by Crippen LogP contribution is -2.10. The van der Waals surface area contributed by atoms with Gasteiger partial charge < -0.3 is 15.0 Å². The lowest BCUT2D eigenvalue weighted by Gasteiger charge is -2.06. The molecule has 144 valence electrons. The van der Waals surface area contributed by atoms with Crippen LogP contribution in [0.5, 0.6) is 5.88 Å². The summed E-state index contributed by atoms with van der Waals surface area (Å²) in [5.41, 5.74) is 3.01. The Kier molecular flexibility index (Phi) is 5.33. The summed E-state index contributed by atoms with van der Waals surface area (Å²) < 4.78 is 1.77. The van der Waals surface area contributed by atoms with E-state index in [4.69, 9.17) is 0 Å². The predicted molar refractivity (Wildman–Crippen MR) is 114 cm³/mol. The van der Waals surface area contributed by atoms with Crippen LogP contribution in [0.25, 0.3) is 10.9 Å². The molecule has 4 rings (SSSR count). The lowest BCUT2D eigenvalue weighted by molar-refractivity contribution is -0.116. The Balaban J connectivity index is 1.58. The first-order valence-corrected chi connectivity index (χ1v) is 9.30. The molecule has 0 aliphatic heterocycles. The van der Waals surface area contributed by atoms with E-state index in [1.165, 1.54) is 0 Å². The Bertz CT molecular complexity index is 1150. The molecule has 0 aliphatic rings. The first-order valence-electron chi connectivity index (χ1n) is 9.30. The predicted octanol–water partition coefficient (Wildman–Crippen LogP) is 5.12. The van der Waals surface area contributed by atoms with Crippen LogP contribution in [0.3, 0.4) is 0 Å². The molecule has 0 aliphatic carbocycles. The third-order valence-corrected chi connectivity index (χ3v) is 4.58. The van der Waals surface area contributed by atoms with Crippen LogP contribution < -0.4 is 5.32 Å². The number of amides is 1. The molecular formula is C23H20N4O2. The minimum Gasteiger partial charge on any atom is -0.493 e. The Labute approximate surface area is 168 Å². The molecule has 6 nitrogen and oxygen atoms in total. The van der Waals surface area contributed by atoms with Crippen LogP contribution in [-0.4, -0.2) is 22.1 Å². The van der Waals surface area contributed by atoms with Crippen LogP contribution in [0.4, 0.5) is 11.4 Å². The molecule has 4 aromatic rings. The summed E-state index contributed by atoms with van der Waals surface area (Å²) in [4.78, 5) is 12.1. The maximum absolute atomic E-state index is 12.1. The highest BCUT2D eigenvalue weighted by atomic mass is 16.3. The largest absolute Gasteiger partial charge is 0.493 e. The Morgan fingerprint density at radius 1 is 0.897 bits per heavy atom. The van der Waals surface area contributed by atoms with Crippen molar-refractivity contribution < 1.29 is 9.90 Å². The number of aromatic nitrogens is 1. The second kappa shape index (κ2) is 8.39. The number of hydrogen-bond donors (Lipinski definition) is 2. The number of rotatable bonds is 6. The highest BCUT2D eigenvalue weighted by molar-refractivity contribution is 5.95. The number of hydrogen-bond acceptors (Lipinski definition) is 4. The van der Waals surface area contributed by atoms with Gasteiger partial charge in [0, 0.05) is 11.1 Å². The van der Waals surface area contributed by atoms with Crippen LogP contribution in [0.1, 0.15) is 5.56 Å². The van der Waals surface area contributed by atoms with Gasteiger partial charge >= 0.3 is 0 Å². The van der Waals surface area contributed by atoms with Crippen molar-refractivity contribution in [1.29, 1.82) is 0 Å². The van der Waals surface area contributed by atoms with E-state index in [0.29, 0.717) is 12.2 Å². The fourth-order valence-electron chi connectivity index (χ4n) is 3.17. The second-order valence-corrected chi connectivity index (χ2v) is 6.57. The summed E-state index contributed by atoms with van der Waals surface area (Å²) in [6, 6.07) is 26.8. The summed E-state index contributed by atoms with van der Waals surface area (Å²) in [5.74, 6) is -0.434. The number of benzene rings is 3. The van der Waals surface area contributed by atoms with E-state index in [1.807, 2.05) is 84.9 Å². The van der Waals surface area contributed by atoms with Gasteiger partial charge in [-0.1, -0.05) is 66.7 Å². The standard InChI is InChI=1S/C23H20N4O2/c28-21(15-24-18-11-5-2-6-12-18)25-26-22-19-13-7-8-14-20(19)27(23(22)29)16-17-9-3-1-4-10-17/h1-14,24,29H,15-16H2. The van der Waals surface area contributed by atoms with Gasteiger partial charge in [-0.15, -0.1) is 10.2 Å². The molecule has 0 fully saturated rings. The zero-order valence-electron chi connectivity index (χ0n) is 15.7. The van der Waals surface area contributed by atoms with E-state index in [0.717, 1.165) is 22.2 Å². The van der Waals surface area contributed by atoms with Crippen LogP contribution in [0.2, 0.25) is 0 Å². The first kappa shape index (κ1) is 18.4. The molecule has 1 amide bonds. The molecule has 1 aromatic heterocycles. The SMILES string of the molecule is O=C(CNc1ccccc1)N=Nc1c(O)n(Cc2ccccc2)c2ccccc12. The Morgan fingerprint density at radius 2 is 1.55 bits per heavy atom. The fourth-order valence-corrected chi connectivity index (χ4v) is 3.17. The monoisotopic (exact) mass is 384 g/mol. The maximum atomic E-state index is 12.1. The van der Waals surface area contributed by atoms with Crippen molar-refractivity contribution in [2.45, 2.75) is 6.54 Å². The van der Waals surface area contributed by atoms with Gasteiger partial charge in [0.25, 0.3) is 5.91 Å². The lowest BCUT2D eigenvalue weighted by atomic mass is 10.2. The van der Waals surface area contributed by atoms with Gasteiger partial charge in [-0.3, -0.25) is 4.79 Å². The topological polar surface area (TPSA) is 79.0 Å². The molecule has 0 saturated carbocycles. The van der Waals surface area contributed by atoms with E-state index < -0.39 is 5.91 Å². The van der Waals surface area contributed by atoms with Gasteiger partial charge in [0.15, 0.2) is 5.69 Å². The molecule has 6 heteroatoms. The average molecular weight is 384 g/mol. The van der Waals surface area contributed by atoms with E-state index in [-0.39, 0.29) is 12.4 Å². The molecular weight excluding hydrogens is 364 g/mol. The molecule has 0 saturated heterocycles. The molecule has 0 spiro atoms. The molecule has 29 heavy (non-hydrogen) atoms. The molecule has 0 atom stereocenters. The number of azo groups is 1. The van der Waals surface area contributed by atoms with Gasteiger partial charge in [0.2, 0.25) is 5.88 Å². The molecule has 0 bridgehead atoms. The van der Waals surface area contributed by atoms with Crippen molar-refractivity contribution in [2.24, 2.45) is 10.2 Å². The third kappa shape index (κ3) is 4.16. The van der Waals surface area contributed by atoms with E-state index >= 15 is 0 Å². The number of nitrogens with zero attached hydrogens (tertiary/aromatic N) is 3. The maximum Gasteiger partial charge on any atom is 0.283 e. The van der Waals surface area contributed by atoms with Gasteiger partial charge in [-0.05, 0) is 23.8 Å². The first-order chi connectivity index (χ1) is 14.2. The van der Waals surface area contributed by atoms with Crippen LogP contribution in [0.15, 0.2) is 95.2 Å².